The van der Waals surface area contributed by atoms with E-state index >= 15 is 0 Å². The third-order valence-corrected chi connectivity index (χ3v) is 3.47. The predicted molar refractivity (Wildman–Crippen MR) is 59.8 cm³/mol. The van der Waals surface area contributed by atoms with E-state index in [0.717, 1.165) is 42.7 Å². The maximum Gasteiger partial charge on any atom is 0.161 e. The summed E-state index contributed by atoms with van der Waals surface area (Å²) in [6, 6.07) is 5.79. The molecule has 0 radical (unpaired) electrons. The molecule has 1 aliphatic heterocycles. The molecule has 3 heteroatoms. The average molecular weight is 220 g/mol. The molecule has 0 bridgehead atoms. The van der Waals surface area contributed by atoms with E-state index in [-0.39, 0.29) is 0 Å². The Labute approximate surface area is 95.0 Å². The van der Waals surface area contributed by atoms with E-state index in [1.54, 1.807) is 0 Å². The number of hydrogen-bond acceptors (Lipinski definition) is 3. The highest BCUT2D eigenvalue weighted by Crippen LogP contribution is 2.43. The van der Waals surface area contributed by atoms with Crippen molar-refractivity contribution in [2.75, 3.05) is 13.2 Å². The van der Waals surface area contributed by atoms with Crippen molar-refractivity contribution in [1.29, 1.82) is 0 Å². The summed E-state index contributed by atoms with van der Waals surface area (Å²) in [5, 5.41) is 10.3. The van der Waals surface area contributed by atoms with Gasteiger partial charge in [0.15, 0.2) is 11.5 Å². The van der Waals surface area contributed by atoms with Gasteiger partial charge in [-0.1, -0.05) is 6.07 Å². The molecule has 16 heavy (non-hydrogen) atoms. The topological polar surface area (TPSA) is 38.7 Å². The molecule has 0 saturated heterocycles. The minimum absolute atomic E-state index is 0.620. The van der Waals surface area contributed by atoms with Crippen LogP contribution in [0.5, 0.6) is 11.5 Å². The molecule has 86 valence electrons. The molecular weight excluding hydrogens is 204 g/mol. The summed E-state index contributed by atoms with van der Waals surface area (Å²) >= 11 is 0. The molecule has 0 atom stereocenters. The number of aliphatic hydroxyl groups is 1. The van der Waals surface area contributed by atoms with Crippen molar-refractivity contribution < 1.29 is 14.6 Å². The highest BCUT2D eigenvalue weighted by atomic mass is 16.5. The van der Waals surface area contributed by atoms with Crippen molar-refractivity contribution in [2.24, 2.45) is 0 Å². The first kappa shape index (κ1) is 9.97. The lowest BCUT2D eigenvalue weighted by Crippen LogP contribution is -2.33. The summed E-state index contributed by atoms with van der Waals surface area (Å²) in [5.74, 6) is 1.57. The molecule has 0 amide bonds. The zero-order chi connectivity index (χ0) is 11.0. The fraction of sp³-hybridized carbons (Fsp3) is 0.538. The maximum absolute atomic E-state index is 10.3. The molecule has 3 nitrogen and oxygen atoms in total. The maximum atomic E-state index is 10.3. The fourth-order valence-corrected chi connectivity index (χ4v) is 2.25. The van der Waals surface area contributed by atoms with E-state index in [1.165, 1.54) is 0 Å². The number of fused-ring (bicyclic) bond motifs is 1. The van der Waals surface area contributed by atoms with Crippen molar-refractivity contribution in [2.45, 2.75) is 31.3 Å². The smallest absolute Gasteiger partial charge is 0.161 e. The Morgan fingerprint density at radius 3 is 2.44 bits per heavy atom. The van der Waals surface area contributed by atoms with Crippen molar-refractivity contribution in [1.82, 2.24) is 0 Å². The van der Waals surface area contributed by atoms with Crippen LogP contribution in [0.1, 0.15) is 31.2 Å². The van der Waals surface area contributed by atoms with Crippen LogP contribution in [-0.2, 0) is 5.60 Å². The van der Waals surface area contributed by atoms with E-state index < -0.39 is 5.60 Å². The molecule has 1 aromatic carbocycles. The molecule has 1 aliphatic carbocycles. The Hall–Kier alpha value is -1.22. The molecule has 1 saturated carbocycles. The third kappa shape index (κ3) is 1.55. The van der Waals surface area contributed by atoms with E-state index in [0.29, 0.717) is 13.2 Å². The lowest BCUT2D eigenvalue weighted by molar-refractivity contribution is -0.0389. The lowest BCUT2D eigenvalue weighted by atomic mass is 9.75. The van der Waals surface area contributed by atoms with Crippen LogP contribution in [0, 0.1) is 0 Å². The lowest BCUT2D eigenvalue weighted by Gasteiger charge is -2.37. The Morgan fingerprint density at radius 2 is 1.75 bits per heavy atom. The highest BCUT2D eigenvalue weighted by Gasteiger charge is 2.36. The largest absolute Gasteiger partial charge is 0.490 e. The molecular formula is C13H16O3. The predicted octanol–water partition coefficient (Wildman–Crippen LogP) is 2.22. The van der Waals surface area contributed by atoms with Crippen molar-refractivity contribution in [3.05, 3.63) is 23.8 Å². The highest BCUT2D eigenvalue weighted by molar-refractivity contribution is 5.45. The summed E-state index contributed by atoms with van der Waals surface area (Å²) < 4.78 is 11.2. The van der Waals surface area contributed by atoms with E-state index in [4.69, 9.17) is 9.47 Å². The quantitative estimate of drug-likeness (QED) is 0.788. The van der Waals surface area contributed by atoms with Gasteiger partial charge in [0.25, 0.3) is 0 Å². The first-order valence-corrected chi connectivity index (χ1v) is 5.90. The van der Waals surface area contributed by atoms with Crippen LogP contribution in [0.4, 0.5) is 0 Å². The van der Waals surface area contributed by atoms with Crippen LogP contribution < -0.4 is 9.47 Å². The monoisotopic (exact) mass is 220 g/mol. The Balaban J connectivity index is 1.94. The molecule has 1 N–H and O–H groups in total. The van der Waals surface area contributed by atoms with Crippen LogP contribution >= 0.6 is 0 Å². The van der Waals surface area contributed by atoms with Gasteiger partial charge >= 0.3 is 0 Å². The molecule has 0 aromatic heterocycles. The van der Waals surface area contributed by atoms with Gasteiger partial charge in [-0.2, -0.15) is 0 Å². The third-order valence-electron chi connectivity index (χ3n) is 3.47. The average Bonchev–Trinajstić information content (AvgIpc) is 2.49. The summed E-state index contributed by atoms with van der Waals surface area (Å²) in [6.07, 6.45) is 3.72. The summed E-state index contributed by atoms with van der Waals surface area (Å²) in [6.45, 7) is 1.39. The Kier molecular flexibility index (Phi) is 2.28. The van der Waals surface area contributed by atoms with Crippen LogP contribution in [0.2, 0.25) is 0 Å². The molecule has 1 heterocycles. The van der Waals surface area contributed by atoms with Gasteiger partial charge in [0, 0.05) is 6.42 Å². The van der Waals surface area contributed by atoms with Gasteiger partial charge in [0.05, 0.1) is 18.8 Å². The van der Waals surface area contributed by atoms with Gasteiger partial charge < -0.3 is 14.6 Å². The van der Waals surface area contributed by atoms with E-state index in [9.17, 15) is 5.11 Å². The molecule has 2 aliphatic rings. The second kappa shape index (κ2) is 3.67. The number of benzene rings is 1. The number of ether oxygens (including phenoxy) is 2. The second-order valence-electron chi connectivity index (χ2n) is 4.60. The molecule has 1 fully saturated rings. The van der Waals surface area contributed by atoms with Crippen LogP contribution in [0.3, 0.4) is 0 Å². The number of hydrogen-bond donors (Lipinski definition) is 1. The normalized spacial score (nSPS) is 22.1. The molecule has 3 rings (SSSR count). The summed E-state index contributed by atoms with van der Waals surface area (Å²) in [5.41, 5.74) is 0.341. The molecule has 0 spiro atoms. The van der Waals surface area contributed by atoms with Gasteiger partial charge in [-0.05, 0) is 37.0 Å². The van der Waals surface area contributed by atoms with Gasteiger partial charge in [0.2, 0.25) is 0 Å². The minimum Gasteiger partial charge on any atom is -0.490 e. The van der Waals surface area contributed by atoms with Crippen molar-refractivity contribution >= 4 is 0 Å². The van der Waals surface area contributed by atoms with Crippen molar-refractivity contribution in [3.8, 4) is 11.5 Å². The minimum atomic E-state index is -0.620. The van der Waals surface area contributed by atoms with Gasteiger partial charge in [0.1, 0.15) is 0 Å². The molecule has 0 unspecified atom stereocenters. The van der Waals surface area contributed by atoms with Crippen molar-refractivity contribution in [3.63, 3.8) is 0 Å². The van der Waals surface area contributed by atoms with Gasteiger partial charge in [-0.3, -0.25) is 0 Å². The number of rotatable bonds is 1. The zero-order valence-corrected chi connectivity index (χ0v) is 9.24. The fourth-order valence-electron chi connectivity index (χ4n) is 2.25. The molecule has 1 aromatic rings. The summed E-state index contributed by atoms with van der Waals surface area (Å²) in [7, 11) is 0. The van der Waals surface area contributed by atoms with Gasteiger partial charge in [-0.15, -0.1) is 0 Å². The van der Waals surface area contributed by atoms with Crippen LogP contribution in [0.15, 0.2) is 18.2 Å². The second-order valence-corrected chi connectivity index (χ2v) is 4.60. The standard InChI is InChI=1S/C13H16O3/c14-13(5-1-6-13)10-3-4-11-12(9-10)16-8-2-7-15-11/h3-4,9,14H,1-2,5-8H2. The van der Waals surface area contributed by atoms with Gasteiger partial charge in [-0.25, -0.2) is 0 Å². The summed E-state index contributed by atoms with van der Waals surface area (Å²) in [4.78, 5) is 0. The first-order chi connectivity index (χ1) is 7.78. The van der Waals surface area contributed by atoms with E-state index in [2.05, 4.69) is 0 Å². The van der Waals surface area contributed by atoms with Crippen LogP contribution in [0.25, 0.3) is 0 Å². The SMILES string of the molecule is OC1(c2ccc3c(c2)OCCCO3)CCC1. The van der Waals surface area contributed by atoms with E-state index in [1.807, 2.05) is 18.2 Å². The Bertz CT molecular complexity index is 396. The first-order valence-electron chi connectivity index (χ1n) is 5.90. The van der Waals surface area contributed by atoms with Crippen LogP contribution in [-0.4, -0.2) is 18.3 Å². The Morgan fingerprint density at radius 1 is 1.00 bits per heavy atom. The zero-order valence-electron chi connectivity index (χ0n) is 9.24.